The zero-order valence-electron chi connectivity index (χ0n) is 7.91. The first kappa shape index (κ1) is 12.9. The van der Waals surface area contributed by atoms with E-state index < -0.39 is 9.84 Å². The van der Waals surface area contributed by atoms with Crippen LogP contribution < -0.4 is 5.56 Å². The maximum atomic E-state index is 11.5. The van der Waals surface area contributed by atoms with Crippen molar-refractivity contribution in [2.75, 3.05) is 12.0 Å². The van der Waals surface area contributed by atoms with E-state index in [1.807, 2.05) is 0 Å². The summed E-state index contributed by atoms with van der Waals surface area (Å²) in [5.74, 6) is -0.0458. The SMILES string of the molecule is CS(=O)(=O)CCn1cc(Br)cc(Br)c1=O. The molecule has 0 aliphatic rings. The van der Waals surface area contributed by atoms with Crippen molar-refractivity contribution in [2.45, 2.75) is 6.54 Å². The normalized spacial score (nSPS) is 11.7. The van der Waals surface area contributed by atoms with E-state index >= 15 is 0 Å². The van der Waals surface area contributed by atoms with Gasteiger partial charge in [0.1, 0.15) is 9.84 Å². The standard InChI is InChI=1S/C8H9Br2NO3S/c1-15(13,14)3-2-11-5-6(9)4-7(10)8(11)12/h4-5H,2-3H2,1H3. The van der Waals surface area contributed by atoms with Crippen LogP contribution in [0.4, 0.5) is 0 Å². The number of hydrogen-bond donors (Lipinski definition) is 0. The van der Waals surface area contributed by atoms with E-state index in [1.54, 1.807) is 12.3 Å². The maximum absolute atomic E-state index is 11.5. The number of hydrogen-bond acceptors (Lipinski definition) is 3. The highest BCUT2D eigenvalue weighted by Crippen LogP contribution is 2.12. The molecule has 84 valence electrons. The largest absolute Gasteiger partial charge is 0.312 e. The van der Waals surface area contributed by atoms with Gasteiger partial charge in [-0.2, -0.15) is 0 Å². The van der Waals surface area contributed by atoms with Gasteiger partial charge in [0.2, 0.25) is 0 Å². The molecular weight excluding hydrogens is 350 g/mol. The third-order valence-electron chi connectivity index (χ3n) is 1.71. The van der Waals surface area contributed by atoms with E-state index in [1.165, 1.54) is 4.57 Å². The molecule has 0 bridgehead atoms. The first-order valence-corrected chi connectivity index (χ1v) is 7.67. The molecule has 0 atom stereocenters. The van der Waals surface area contributed by atoms with Gasteiger partial charge in [-0.25, -0.2) is 8.42 Å². The molecule has 0 radical (unpaired) electrons. The van der Waals surface area contributed by atoms with Crippen molar-refractivity contribution in [1.82, 2.24) is 4.57 Å². The highest BCUT2D eigenvalue weighted by molar-refractivity contribution is 9.11. The van der Waals surface area contributed by atoms with Crippen LogP contribution >= 0.6 is 31.9 Å². The Morgan fingerprint density at radius 3 is 2.53 bits per heavy atom. The lowest BCUT2D eigenvalue weighted by Crippen LogP contribution is -2.23. The Morgan fingerprint density at radius 2 is 2.00 bits per heavy atom. The molecule has 1 aromatic rings. The lowest BCUT2D eigenvalue weighted by Gasteiger charge is -2.05. The molecule has 0 unspecified atom stereocenters. The average Bonchev–Trinajstić information content (AvgIpc) is 2.07. The van der Waals surface area contributed by atoms with Crippen LogP contribution in [0.15, 0.2) is 26.0 Å². The van der Waals surface area contributed by atoms with Gasteiger partial charge in [0, 0.05) is 23.5 Å². The Kier molecular flexibility index (Phi) is 4.13. The predicted octanol–water partition coefficient (Wildman–Crippen LogP) is 1.42. The molecule has 1 aromatic heterocycles. The summed E-state index contributed by atoms with van der Waals surface area (Å²) in [6, 6.07) is 1.62. The van der Waals surface area contributed by atoms with Gasteiger partial charge in [-0.15, -0.1) is 0 Å². The molecule has 0 aliphatic heterocycles. The van der Waals surface area contributed by atoms with Crippen molar-refractivity contribution in [2.24, 2.45) is 0 Å². The summed E-state index contributed by atoms with van der Waals surface area (Å²) in [5.41, 5.74) is -0.234. The van der Waals surface area contributed by atoms with Gasteiger partial charge in [-0.3, -0.25) is 4.79 Å². The van der Waals surface area contributed by atoms with Crippen LogP contribution in [-0.2, 0) is 16.4 Å². The summed E-state index contributed by atoms with van der Waals surface area (Å²) in [7, 11) is -3.06. The van der Waals surface area contributed by atoms with Gasteiger partial charge in [0.25, 0.3) is 5.56 Å². The molecule has 0 spiro atoms. The Hall–Kier alpha value is -0.140. The van der Waals surface area contributed by atoms with Crippen molar-refractivity contribution in [3.8, 4) is 0 Å². The summed E-state index contributed by atoms with van der Waals surface area (Å²) in [6.07, 6.45) is 2.71. The van der Waals surface area contributed by atoms with Crippen LogP contribution in [0.3, 0.4) is 0 Å². The zero-order chi connectivity index (χ0) is 11.6. The van der Waals surface area contributed by atoms with E-state index in [9.17, 15) is 13.2 Å². The van der Waals surface area contributed by atoms with Crippen LogP contribution in [0.25, 0.3) is 0 Å². The molecule has 0 amide bonds. The first-order chi connectivity index (χ1) is 6.79. The Balaban J connectivity index is 3.01. The van der Waals surface area contributed by atoms with Crippen molar-refractivity contribution in [1.29, 1.82) is 0 Å². The smallest absolute Gasteiger partial charge is 0.264 e. The first-order valence-electron chi connectivity index (χ1n) is 4.03. The van der Waals surface area contributed by atoms with E-state index in [0.29, 0.717) is 4.47 Å². The molecule has 0 saturated carbocycles. The molecule has 0 fully saturated rings. The summed E-state index contributed by atoms with van der Waals surface area (Å²) < 4.78 is 24.4. The summed E-state index contributed by atoms with van der Waals surface area (Å²) in [5, 5.41) is 0. The number of pyridine rings is 1. The molecule has 0 saturated heterocycles. The molecular formula is C8H9Br2NO3S. The third-order valence-corrected chi connectivity index (χ3v) is 3.64. The van der Waals surface area contributed by atoms with Crippen molar-refractivity contribution in [3.63, 3.8) is 0 Å². The van der Waals surface area contributed by atoms with Gasteiger partial charge in [-0.1, -0.05) is 0 Å². The van der Waals surface area contributed by atoms with Crippen LogP contribution in [0.5, 0.6) is 0 Å². The fraction of sp³-hybridized carbons (Fsp3) is 0.375. The number of aryl methyl sites for hydroxylation is 1. The minimum absolute atomic E-state index is 0.0458. The Morgan fingerprint density at radius 1 is 1.40 bits per heavy atom. The second-order valence-electron chi connectivity index (χ2n) is 3.13. The Labute approximate surface area is 104 Å². The topological polar surface area (TPSA) is 56.1 Å². The molecule has 0 N–H and O–H groups in total. The van der Waals surface area contributed by atoms with E-state index in [2.05, 4.69) is 31.9 Å². The maximum Gasteiger partial charge on any atom is 0.264 e. The number of sulfone groups is 1. The van der Waals surface area contributed by atoms with E-state index in [-0.39, 0.29) is 17.9 Å². The van der Waals surface area contributed by atoms with Gasteiger partial charge in [0.05, 0.1) is 10.2 Å². The fourth-order valence-electron chi connectivity index (χ4n) is 0.995. The van der Waals surface area contributed by atoms with Gasteiger partial charge < -0.3 is 4.57 Å². The van der Waals surface area contributed by atoms with Crippen molar-refractivity contribution < 1.29 is 8.42 Å². The molecule has 1 rings (SSSR count). The van der Waals surface area contributed by atoms with Gasteiger partial charge in [-0.05, 0) is 37.9 Å². The summed E-state index contributed by atoms with van der Waals surface area (Å²) in [4.78, 5) is 11.5. The average molecular weight is 359 g/mol. The lowest BCUT2D eigenvalue weighted by molar-refractivity contribution is 0.592. The van der Waals surface area contributed by atoms with Crippen LogP contribution in [0.2, 0.25) is 0 Å². The Bertz CT molecular complexity index is 521. The minimum atomic E-state index is -3.06. The number of aromatic nitrogens is 1. The molecule has 4 nitrogen and oxygen atoms in total. The van der Waals surface area contributed by atoms with Crippen LogP contribution in [-0.4, -0.2) is 25.0 Å². The molecule has 0 aromatic carbocycles. The number of halogens is 2. The van der Waals surface area contributed by atoms with Crippen molar-refractivity contribution >= 4 is 41.7 Å². The summed E-state index contributed by atoms with van der Waals surface area (Å²) in [6.45, 7) is 0.162. The van der Waals surface area contributed by atoms with E-state index in [0.717, 1.165) is 10.7 Å². The quantitative estimate of drug-likeness (QED) is 0.821. The predicted molar refractivity (Wildman–Crippen MR) is 65.8 cm³/mol. The minimum Gasteiger partial charge on any atom is -0.312 e. The van der Waals surface area contributed by atoms with Crippen molar-refractivity contribution in [3.05, 3.63) is 31.6 Å². The molecule has 0 aliphatic carbocycles. The monoisotopic (exact) mass is 357 g/mol. The third kappa shape index (κ3) is 4.08. The highest BCUT2D eigenvalue weighted by atomic mass is 79.9. The molecule has 1 heterocycles. The van der Waals surface area contributed by atoms with Crippen LogP contribution in [0, 0.1) is 0 Å². The molecule has 15 heavy (non-hydrogen) atoms. The summed E-state index contributed by atoms with van der Waals surface area (Å²) >= 11 is 6.33. The van der Waals surface area contributed by atoms with Gasteiger partial charge in [0.15, 0.2) is 0 Å². The molecule has 7 heteroatoms. The fourth-order valence-corrected chi connectivity index (χ4v) is 2.78. The second-order valence-corrected chi connectivity index (χ2v) is 7.16. The van der Waals surface area contributed by atoms with E-state index in [4.69, 9.17) is 0 Å². The highest BCUT2D eigenvalue weighted by Gasteiger charge is 2.06. The second kappa shape index (κ2) is 4.80. The number of nitrogens with zero attached hydrogens (tertiary/aromatic N) is 1. The lowest BCUT2D eigenvalue weighted by atomic mass is 10.5. The number of rotatable bonds is 3. The van der Waals surface area contributed by atoms with Gasteiger partial charge >= 0.3 is 0 Å². The zero-order valence-corrected chi connectivity index (χ0v) is 11.9. The van der Waals surface area contributed by atoms with Crippen LogP contribution in [0.1, 0.15) is 0 Å².